The lowest BCUT2D eigenvalue weighted by atomic mass is 10.1. The molecule has 71 valence electrons. The molecule has 0 spiro atoms. The third kappa shape index (κ3) is 1.70. The second-order valence-electron chi connectivity index (χ2n) is 3.21. The van der Waals surface area contributed by atoms with Gasteiger partial charge in [-0.1, -0.05) is 18.2 Å². The van der Waals surface area contributed by atoms with Crippen LogP contribution in [0.15, 0.2) is 30.3 Å². The van der Waals surface area contributed by atoms with Crippen molar-refractivity contribution in [2.75, 3.05) is 0 Å². The highest BCUT2D eigenvalue weighted by Gasteiger charge is 2.03. The van der Waals surface area contributed by atoms with Gasteiger partial charge < -0.3 is 0 Å². The van der Waals surface area contributed by atoms with Crippen molar-refractivity contribution in [2.24, 2.45) is 0 Å². The molecule has 0 fully saturated rings. The molecule has 0 saturated heterocycles. The number of hydrogen-bond acceptors (Lipinski definition) is 1. The maximum atomic E-state index is 12.4. The first-order valence-corrected chi connectivity index (χ1v) is 5.24. The Hall–Kier alpha value is -1.15. The van der Waals surface area contributed by atoms with Gasteiger partial charge in [0.25, 0.3) is 0 Å². The number of benzene rings is 1. The van der Waals surface area contributed by atoms with E-state index in [2.05, 4.69) is 5.38 Å². The molecule has 0 amide bonds. The molecule has 0 saturated carbocycles. The number of thiophene rings is 1. The van der Waals surface area contributed by atoms with E-state index < -0.39 is 6.67 Å². The van der Waals surface area contributed by atoms with Crippen molar-refractivity contribution in [3.63, 3.8) is 0 Å². The van der Waals surface area contributed by atoms with E-state index in [-0.39, 0.29) is 0 Å². The van der Waals surface area contributed by atoms with Crippen LogP contribution in [0.4, 0.5) is 4.39 Å². The van der Waals surface area contributed by atoms with Crippen LogP contribution < -0.4 is 0 Å². The fraction of sp³-hybridized carbons (Fsp3) is 0.167. The number of alkyl halides is 1. The SMILES string of the molecule is Cc1c[c]sc1-c1cccc(CF)c1. The predicted octanol–water partition coefficient (Wildman–Crippen LogP) is 3.99. The summed E-state index contributed by atoms with van der Waals surface area (Å²) in [4.78, 5) is 1.18. The molecule has 2 heteroatoms. The molecule has 0 aliphatic heterocycles. The van der Waals surface area contributed by atoms with Crippen molar-refractivity contribution < 1.29 is 4.39 Å². The van der Waals surface area contributed by atoms with Crippen molar-refractivity contribution in [2.45, 2.75) is 13.6 Å². The highest BCUT2D eigenvalue weighted by atomic mass is 32.1. The molecule has 2 aromatic rings. The number of hydrogen-bond donors (Lipinski definition) is 0. The molecule has 0 nitrogen and oxygen atoms in total. The van der Waals surface area contributed by atoms with Gasteiger partial charge in [0.1, 0.15) is 6.67 Å². The Kier molecular flexibility index (Phi) is 2.64. The van der Waals surface area contributed by atoms with Gasteiger partial charge in [-0.3, -0.25) is 0 Å². The van der Waals surface area contributed by atoms with Gasteiger partial charge in [0.05, 0.1) is 0 Å². The molecule has 0 aliphatic rings. The second-order valence-corrected chi connectivity index (χ2v) is 4.06. The molecule has 1 aromatic heterocycles. The molecule has 0 N–H and O–H groups in total. The number of rotatable bonds is 2. The van der Waals surface area contributed by atoms with E-state index in [0.29, 0.717) is 0 Å². The topological polar surface area (TPSA) is 0 Å². The Bertz CT molecular complexity index is 431. The van der Waals surface area contributed by atoms with Crippen molar-refractivity contribution in [3.8, 4) is 10.4 Å². The highest BCUT2D eigenvalue weighted by molar-refractivity contribution is 7.13. The van der Waals surface area contributed by atoms with E-state index >= 15 is 0 Å². The third-order valence-electron chi connectivity index (χ3n) is 2.14. The zero-order chi connectivity index (χ0) is 9.97. The van der Waals surface area contributed by atoms with Crippen LogP contribution in [0.2, 0.25) is 0 Å². The monoisotopic (exact) mass is 205 g/mol. The molecule has 1 heterocycles. The zero-order valence-corrected chi connectivity index (χ0v) is 8.70. The Balaban J connectivity index is 2.47. The van der Waals surface area contributed by atoms with Crippen molar-refractivity contribution in [1.29, 1.82) is 0 Å². The Morgan fingerprint density at radius 3 is 2.93 bits per heavy atom. The van der Waals surface area contributed by atoms with Crippen LogP contribution in [0.1, 0.15) is 11.1 Å². The Morgan fingerprint density at radius 2 is 2.29 bits per heavy atom. The fourth-order valence-corrected chi connectivity index (χ4v) is 2.22. The van der Waals surface area contributed by atoms with Crippen LogP contribution in [0.3, 0.4) is 0 Å². The average Bonchev–Trinajstić information content (AvgIpc) is 2.65. The zero-order valence-electron chi connectivity index (χ0n) is 7.88. The average molecular weight is 205 g/mol. The molecule has 1 radical (unpaired) electrons. The summed E-state index contributed by atoms with van der Waals surface area (Å²) >= 11 is 1.57. The summed E-state index contributed by atoms with van der Waals surface area (Å²) < 4.78 is 12.4. The van der Waals surface area contributed by atoms with E-state index in [1.807, 2.05) is 31.2 Å². The van der Waals surface area contributed by atoms with Crippen LogP contribution in [0, 0.1) is 12.3 Å². The van der Waals surface area contributed by atoms with Gasteiger partial charge in [-0.25, -0.2) is 4.39 Å². The van der Waals surface area contributed by atoms with Gasteiger partial charge in [-0.05, 0) is 35.7 Å². The van der Waals surface area contributed by atoms with E-state index in [4.69, 9.17) is 0 Å². The number of halogens is 1. The lowest BCUT2D eigenvalue weighted by Gasteiger charge is -2.01. The summed E-state index contributed by atoms with van der Waals surface area (Å²) in [6.07, 6.45) is 0. The van der Waals surface area contributed by atoms with E-state index in [0.717, 1.165) is 11.1 Å². The van der Waals surface area contributed by atoms with Gasteiger partial charge in [0, 0.05) is 10.3 Å². The van der Waals surface area contributed by atoms with Gasteiger partial charge in [0.15, 0.2) is 0 Å². The van der Waals surface area contributed by atoms with Gasteiger partial charge in [-0.2, -0.15) is 0 Å². The van der Waals surface area contributed by atoms with Crippen molar-refractivity contribution in [1.82, 2.24) is 0 Å². The minimum absolute atomic E-state index is 0.401. The maximum absolute atomic E-state index is 12.4. The van der Waals surface area contributed by atoms with E-state index in [1.165, 1.54) is 10.4 Å². The molecule has 2 rings (SSSR count). The minimum Gasteiger partial charge on any atom is -0.246 e. The summed E-state index contributed by atoms with van der Waals surface area (Å²) in [7, 11) is 0. The van der Waals surface area contributed by atoms with Gasteiger partial charge in [-0.15, -0.1) is 11.3 Å². The van der Waals surface area contributed by atoms with Crippen LogP contribution >= 0.6 is 11.3 Å². The molecule has 0 bridgehead atoms. The van der Waals surface area contributed by atoms with E-state index in [9.17, 15) is 4.39 Å². The molecular weight excluding hydrogens is 195 g/mol. The third-order valence-corrected chi connectivity index (χ3v) is 3.14. The summed E-state index contributed by atoms with van der Waals surface area (Å²) in [5, 5.41) is 3.08. The van der Waals surface area contributed by atoms with Crippen LogP contribution in [0.25, 0.3) is 10.4 Å². The lowest BCUT2D eigenvalue weighted by molar-refractivity contribution is 0.485. The van der Waals surface area contributed by atoms with Crippen molar-refractivity contribution in [3.05, 3.63) is 46.8 Å². The normalized spacial score (nSPS) is 10.4. The summed E-state index contributed by atoms with van der Waals surface area (Å²) in [6.45, 7) is 1.65. The summed E-state index contributed by atoms with van der Waals surface area (Å²) in [5.41, 5.74) is 3.02. The quantitative estimate of drug-likeness (QED) is 0.695. The van der Waals surface area contributed by atoms with Crippen molar-refractivity contribution >= 4 is 11.3 Å². The second kappa shape index (κ2) is 3.93. The summed E-state index contributed by atoms with van der Waals surface area (Å²) in [6, 6.07) is 9.56. The molecule has 0 atom stereocenters. The van der Waals surface area contributed by atoms with Gasteiger partial charge in [0.2, 0.25) is 0 Å². The van der Waals surface area contributed by atoms with Crippen LogP contribution in [0.5, 0.6) is 0 Å². The largest absolute Gasteiger partial charge is 0.246 e. The molecule has 0 unspecified atom stereocenters. The van der Waals surface area contributed by atoms with E-state index in [1.54, 1.807) is 17.4 Å². The molecule has 0 aliphatic carbocycles. The minimum atomic E-state index is -0.401. The standard InChI is InChI=1S/C12H10FS/c1-9-5-6-14-12(9)11-4-2-3-10(7-11)8-13/h2-5,7H,8H2,1H3. The molecular formula is C12H10FS. The first-order chi connectivity index (χ1) is 6.81. The number of aryl methyl sites for hydroxylation is 1. The maximum Gasteiger partial charge on any atom is 0.115 e. The molecule has 14 heavy (non-hydrogen) atoms. The Labute approximate surface area is 87.0 Å². The molecule has 1 aromatic carbocycles. The predicted molar refractivity (Wildman–Crippen MR) is 58.1 cm³/mol. The Morgan fingerprint density at radius 1 is 1.43 bits per heavy atom. The smallest absolute Gasteiger partial charge is 0.115 e. The van der Waals surface area contributed by atoms with Crippen LogP contribution in [-0.2, 0) is 6.67 Å². The fourth-order valence-electron chi connectivity index (χ4n) is 1.41. The van der Waals surface area contributed by atoms with Crippen LogP contribution in [-0.4, -0.2) is 0 Å². The first kappa shape index (κ1) is 9.41. The van der Waals surface area contributed by atoms with Gasteiger partial charge >= 0.3 is 0 Å². The first-order valence-electron chi connectivity index (χ1n) is 4.43. The summed E-state index contributed by atoms with van der Waals surface area (Å²) in [5.74, 6) is 0. The lowest BCUT2D eigenvalue weighted by Crippen LogP contribution is -1.80. The highest BCUT2D eigenvalue weighted by Crippen LogP contribution is 2.29.